The Hall–Kier alpha value is -3.47. The molecule has 152 valence electrons. The minimum Gasteiger partial charge on any atom is -0.493 e. The van der Waals surface area contributed by atoms with Crippen molar-refractivity contribution in [2.24, 2.45) is 4.99 Å². The molecule has 30 heavy (non-hydrogen) atoms. The number of rotatable bonds is 5. The molecule has 3 aromatic heterocycles. The minimum absolute atomic E-state index is 0.245. The SMILES string of the molecule is O=c1[nH]c(O)c(C=c2cnn3c(=NC4CC4)nc(NCc4ccc(Br)cc4)nc23)[nH]1. The van der Waals surface area contributed by atoms with Crippen LogP contribution in [-0.4, -0.2) is 40.7 Å². The second-order valence-corrected chi connectivity index (χ2v) is 7.92. The Morgan fingerprint density at radius 2 is 2.07 bits per heavy atom. The van der Waals surface area contributed by atoms with Gasteiger partial charge in [-0.2, -0.15) is 19.6 Å². The predicted molar refractivity (Wildman–Crippen MR) is 113 cm³/mol. The third kappa shape index (κ3) is 3.83. The number of fused-ring (bicyclic) bond motifs is 1. The number of hydrogen-bond acceptors (Lipinski definition) is 7. The molecule has 4 N–H and O–H groups in total. The van der Waals surface area contributed by atoms with Crippen molar-refractivity contribution >= 4 is 33.6 Å². The van der Waals surface area contributed by atoms with Crippen LogP contribution in [0.3, 0.4) is 0 Å². The molecule has 0 unspecified atom stereocenters. The molecule has 0 saturated heterocycles. The van der Waals surface area contributed by atoms with E-state index in [1.807, 2.05) is 24.3 Å². The lowest BCUT2D eigenvalue weighted by molar-refractivity contribution is 0.454. The van der Waals surface area contributed by atoms with Gasteiger partial charge in [0, 0.05) is 16.2 Å². The lowest BCUT2D eigenvalue weighted by Crippen LogP contribution is -2.24. The molecule has 1 saturated carbocycles. The molecular formula is C19H17BrN8O2. The number of aromatic nitrogens is 6. The fourth-order valence-electron chi connectivity index (χ4n) is 2.94. The van der Waals surface area contributed by atoms with Crippen LogP contribution < -0.4 is 21.8 Å². The first-order valence-electron chi connectivity index (χ1n) is 9.36. The van der Waals surface area contributed by atoms with Gasteiger partial charge in [0.1, 0.15) is 5.69 Å². The Morgan fingerprint density at radius 1 is 1.27 bits per heavy atom. The maximum absolute atomic E-state index is 11.4. The van der Waals surface area contributed by atoms with Crippen LogP contribution in [-0.2, 0) is 6.54 Å². The van der Waals surface area contributed by atoms with E-state index in [2.05, 4.69) is 51.3 Å². The number of benzene rings is 1. The van der Waals surface area contributed by atoms with E-state index in [4.69, 9.17) is 0 Å². The molecule has 0 bridgehead atoms. The van der Waals surface area contributed by atoms with Crippen molar-refractivity contribution < 1.29 is 5.11 Å². The summed E-state index contributed by atoms with van der Waals surface area (Å²) in [6.45, 7) is 0.547. The fourth-order valence-corrected chi connectivity index (χ4v) is 3.21. The monoisotopic (exact) mass is 468 g/mol. The van der Waals surface area contributed by atoms with Crippen LogP contribution in [0.5, 0.6) is 5.88 Å². The Balaban J connectivity index is 1.58. The number of nitrogens with zero attached hydrogens (tertiary/aromatic N) is 5. The summed E-state index contributed by atoms with van der Waals surface area (Å²) in [5, 5.41) is 18.1. The molecule has 0 spiro atoms. The summed E-state index contributed by atoms with van der Waals surface area (Å²) in [4.78, 5) is 30.0. The van der Waals surface area contributed by atoms with E-state index in [9.17, 15) is 9.90 Å². The second kappa shape index (κ2) is 7.41. The van der Waals surface area contributed by atoms with E-state index in [0.29, 0.717) is 29.0 Å². The minimum atomic E-state index is -0.494. The summed E-state index contributed by atoms with van der Waals surface area (Å²) >= 11 is 3.43. The smallest absolute Gasteiger partial charge is 0.326 e. The zero-order valence-corrected chi connectivity index (χ0v) is 17.2. The highest BCUT2D eigenvalue weighted by atomic mass is 79.9. The van der Waals surface area contributed by atoms with E-state index in [1.54, 1.807) is 16.8 Å². The third-order valence-corrected chi connectivity index (χ3v) is 5.15. The van der Waals surface area contributed by atoms with Crippen LogP contribution in [0.4, 0.5) is 5.95 Å². The topological polar surface area (TPSA) is 136 Å². The summed E-state index contributed by atoms with van der Waals surface area (Å²) < 4.78 is 2.58. The van der Waals surface area contributed by atoms with Crippen molar-refractivity contribution in [3.8, 4) is 5.88 Å². The van der Waals surface area contributed by atoms with Crippen LogP contribution in [0.25, 0.3) is 11.7 Å². The van der Waals surface area contributed by atoms with Gasteiger partial charge >= 0.3 is 5.69 Å². The first-order valence-corrected chi connectivity index (χ1v) is 10.2. The number of H-pyrrole nitrogens is 2. The van der Waals surface area contributed by atoms with E-state index in [-0.39, 0.29) is 17.6 Å². The molecule has 5 rings (SSSR count). The van der Waals surface area contributed by atoms with Gasteiger partial charge in [-0.25, -0.2) is 9.79 Å². The molecule has 1 aliphatic carbocycles. The van der Waals surface area contributed by atoms with Crippen LogP contribution >= 0.6 is 15.9 Å². The molecule has 0 aliphatic heterocycles. The van der Waals surface area contributed by atoms with Crippen LogP contribution in [0.2, 0.25) is 0 Å². The van der Waals surface area contributed by atoms with Crippen LogP contribution in [0.15, 0.2) is 44.7 Å². The molecule has 10 nitrogen and oxygen atoms in total. The van der Waals surface area contributed by atoms with Gasteiger partial charge in [-0.1, -0.05) is 28.1 Å². The molecule has 1 aliphatic rings. The van der Waals surface area contributed by atoms with Gasteiger partial charge in [-0.05, 0) is 36.6 Å². The molecule has 11 heteroatoms. The highest BCUT2D eigenvalue weighted by molar-refractivity contribution is 9.10. The van der Waals surface area contributed by atoms with E-state index in [0.717, 1.165) is 22.9 Å². The maximum atomic E-state index is 11.4. The van der Waals surface area contributed by atoms with Gasteiger partial charge < -0.3 is 15.4 Å². The van der Waals surface area contributed by atoms with Crippen molar-refractivity contribution in [1.82, 2.24) is 29.5 Å². The standard InChI is InChI=1S/C19H17BrN8O2/c20-12-3-1-10(2-4-12)8-21-17-25-15-11(7-14-16(29)26-19(30)24-14)9-22-28(15)18(27-17)23-13-5-6-13/h1-4,7,9,13,29H,5-6,8H2,(H,21,23,27)(H2,24,26,30). The summed E-state index contributed by atoms with van der Waals surface area (Å²) in [5.74, 6) is 0.177. The van der Waals surface area contributed by atoms with Gasteiger partial charge in [-0.15, -0.1) is 0 Å². The Kier molecular flexibility index (Phi) is 4.58. The van der Waals surface area contributed by atoms with E-state index < -0.39 is 5.69 Å². The molecule has 4 aromatic rings. The van der Waals surface area contributed by atoms with Crippen LogP contribution in [0, 0.1) is 0 Å². The molecule has 0 atom stereocenters. The molecule has 1 aromatic carbocycles. The van der Waals surface area contributed by atoms with Crippen molar-refractivity contribution in [2.45, 2.75) is 25.4 Å². The van der Waals surface area contributed by atoms with Gasteiger partial charge in [0.05, 0.1) is 12.2 Å². The van der Waals surface area contributed by atoms with Gasteiger partial charge in [0.25, 0.3) is 5.62 Å². The largest absolute Gasteiger partial charge is 0.493 e. The second-order valence-electron chi connectivity index (χ2n) is 7.01. The Bertz CT molecular complexity index is 1400. The van der Waals surface area contributed by atoms with Gasteiger partial charge in [0.15, 0.2) is 5.65 Å². The quantitative estimate of drug-likeness (QED) is 0.342. The molecule has 1 fully saturated rings. The number of hydrogen-bond donors (Lipinski definition) is 4. The maximum Gasteiger partial charge on any atom is 0.326 e. The Labute approximate surface area is 177 Å². The Morgan fingerprint density at radius 3 is 2.77 bits per heavy atom. The first-order chi connectivity index (χ1) is 14.5. The highest BCUT2D eigenvalue weighted by Crippen LogP contribution is 2.22. The third-order valence-electron chi connectivity index (χ3n) is 4.62. The average molecular weight is 469 g/mol. The first kappa shape index (κ1) is 18.6. The summed E-state index contributed by atoms with van der Waals surface area (Å²) in [6, 6.07) is 8.22. The number of aromatic amines is 2. The molecule has 0 radical (unpaired) electrons. The van der Waals surface area contributed by atoms with Crippen molar-refractivity contribution in [3.05, 3.63) is 67.5 Å². The molecular weight excluding hydrogens is 452 g/mol. The van der Waals surface area contributed by atoms with Crippen LogP contribution in [0.1, 0.15) is 24.1 Å². The van der Waals surface area contributed by atoms with Gasteiger partial charge in [0.2, 0.25) is 11.8 Å². The average Bonchev–Trinajstić information content (AvgIpc) is 3.36. The zero-order chi connectivity index (χ0) is 20.7. The molecule has 3 heterocycles. The van der Waals surface area contributed by atoms with Gasteiger partial charge in [-0.3, -0.25) is 4.98 Å². The lowest BCUT2D eigenvalue weighted by atomic mass is 10.2. The summed E-state index contributed by atoms with van der Waals surface area (Å²) in [5.41, 5.74) is 1.82. The summed E-state index contributed by atoms with van der Waals surface area (Å²) in [7, 11) is 0. The number of anilines is 1. The van der Waals surface area contributed by atoms with Crippen molar-refractivity contribution in [1.29, 1.82) is 0 Å². The number of imidazole rings is 1. The summed E-state index contributed by atoms with van der Waals surface area (Å²) in [6.07, 6.45) is 5.26. The molecule has 0 amide bonds. The number of halogens is 1. The van der Waals surface area contributed by atoms with E-state index >= 15 is 0 Å². The predicted octanol–water partition coefficient (Wildman–Crippen LogP) is 0.832. The van der Waals surface area contributed by atoms with E-state index in [1.165, 1.54) is 0 Å². The number of nitrogens with one attached hydrogen (secondary N) is 3. The zero-order valence-electron chi connectivity index (χ0n) is 15.6. The van der Waals surface area contributed by atoms with Crippen molar-refractivity contribution in [2.75, 3.05) is 5.32 Å². The van der Waals surface area contributed by atoms with Crippen molar-refractivity contribution in [3.63, 3.8) is 0 Å². The normalized spacial score (nSPS) is 15.2. The highest BCUT2D eigenvalue weighted by Gasteiger charge is 2.21. The fraction of sp³-hybridized carbons (Fsp3) is 0.211. The lowest BCUT2D eigenvalue weighted by Gasteiger charge is -2.06. The number of aromatic hydroxyl groups is 1.